The zero-order chi connectivity index (χ0) is 13.8. The van der Waals surface area contributed by atoms with Crippen molar-refractivity contribution >= 4 is 12.1 Å². The van der Waals surface area contributed by atoms with Crippen LogP contribution in [-0.4, -0.2) is 37.5 Å². The Balaban J connectivity index is 2.43. The van der Waals surface area contributed by atoms with E-state index in [1.165, 1.54) is 7.11 Å². The molecule has 2 unspecified atom stereocenters. The van der Waals surface area contributed by atoms with Crippen LogP contribution in [0.15, 0.2) is 0 Å². The standard InChI is InChI=1S/C12H22N2O4/c1-12(2,3)18-11(16)14-9-7-8(5-6-13-9)10(15)17-4/h8-9,13H,5-7H2,1-4H3,(H,14,16). The van der Waals surface area contributed by atoms with Crippen LogP contribution >= 0.6 is 0 Å². The summed E-state index contributed by atoms with van der Waals surface area (Å²) >= 11 is 0. The number of piperidine rings is 1. The molecule has 0 aromatic carbocycles. The number of ether oxygens (including phenoxy) is 2. The quantitative estimate of drug-likeness (QED) is 0.723. The second-order valence-corrected chi connectivity index (χ2v) is 5.40. The van der Waals surface area contributed by atoms with Gasteiger partial charge in [-0.3, -0.25) is 10.1 Å². The van der Waals surface area contributed by atoms with Gasteiger partial charge in [0.15, 0.2) is 0 Å². The number of carbonyl (C=O) groups is 2. The third-order valence-electron chi connectivity index (χ3n) is 2.63. The minimum absolute atomic E-state index is 0.170. The summed E-state index contributed by atoms with van der Waals surface area (Å²) in [7, 11) is 1.38. The predicted molar refractivity (Wildman–Crippen MR) is 65.9 cm³/mol. The summed E-state index contributed by atoms with van der Waals surface area (Å²) < 4.78 is 9.87. The second-order valence-electron chi connectivity index (χ2n) is 5.40. The van der Waals surface area contributed by atoms with Crippen LogP contribution < -0.4 is 10.6 Å². The fraction of sp³-hybridized carbons (Fsp3) is 0.833. The number of amides is 1. The summed E-state index contributed by atoms with van der Waals surface area (Å²) in [4.78, 5) is 23.0. The molecule has 2 atom stereocenters. The van der Waals surface area contributed by atoms with E-state index in [1.54, 1.807) is 20.8 Å². The van der Waals surface area contributed by atoms with Crippen molar-refractivity contribution < 1.29 is 19.1 Å². The Morgan fingerprint density at radius 3 is 2.56 bits per heavy atom. The van der Waals surface area contributed by atoms with E-state index in [-0.39, 0.29) is 18.1 Å². The predicted octanol–water partition coefficient (Wildman–Crippen LogP) is 1.01. The topological polar surface area (TPSA) is 76.7 Å². The molecule has 1 heterocycles. The number of esters is 1. The molecular weight excluding hydrogens is 236 g/mol. The second kappa shape index (κ2) is 6.04. The lowest BCUT2D eigenvalue weighted by atomic mass is 9.96. The molecule has 1 aliphatic heterocycles. The van der Waals surface area contributed by atoms with Gasteiger partial charge in [-0.15, -0.1) is 0 Å². The van der Waals surface area contributed by atoms with E-state index in [2.05, 4.69) is 10.6 Å². The van der Waals surface area contributed by atoms with E-state index in [1.807, 2.05) is 0 Å². The summed E-state index contributed by atoms with van der Waals surface area (Å²) in [6.07, 6.45) is 0.508. The Labute approximate surface area is 107 Å². The maximum Gasteiger partial charge on any atom is 0.408 e. The normalized spacial score (nSPS) is 24.2. The van der Waals surface area contributed by atoms with Gasteiger partial charge in [-0.2, -0.15) is 0 Å². The van der Waals surface area contributed by atoms with Crippen LogP contribution in [0.4, 0.5) is 4.79 Å². The Kier molecular flexibility index (Phi) is 4.95. The monoisotopic (exact) mass is 258 g/mol. The van der Waals surface area contributed by atoms with E-state index in [0.29, 0.717) is 13.0 Å². The third kappa shape index (κ3) is 4.91. The largest absolute Gasteiger partial charge is 0.469 e. The van der Waals surface area contributed by atoms with Crippen LogP contribution in [0, 0.1) is 5.92 Å². The minimum Gasteiger partial charge on any atom is -0.469 e. The molecule has 0 aliphatic carbocycles. The molecule has 1 fully saturated rings. The summed E-state index contributed by atoms with van der Waals surface area (Å²) in [5.74, 6) is -0.399. The van der Waals surface area contributed by atoms with Crippen LogP contribution in [0.2, 0.25) is 0 Å². The Morgan fingerprint density at radius 1 is 1.33 bits per heavy atom. The van der Waals surface area contributed by atoms with Crippen LogP contribution in [0.5, 0.6) is 0 Å². The lowest BCUT2D eigenvalue weighted by Gasteiger charge is -2.30. The van der Waals surface area contributed by atoms with Crippen molar-refractivity contribution in [1.29, 1.82) is 0 Å². The van der Waals surface area contributed by atoms with Crippen molar-refractivity contribution in [2.75, 3.05) is 13.7 Å². The van der Waals surface area contributed by atoms with E-state index in [9.17, 15) is 9.59 Å². The van der Waals surface area contributed by atoms with Gasteiger partial charge in [0.1, 0.15) is 5.60 Å². The zero-order valence-electron chi connectivity index (χ0n) is 11.4. The molecule has 0 radical (unpaired) electrons. The Bertz CT molecular complexity index is 312. The van der Waals surface area contributed by atoms with E-state index in [0.717, 1.165) is 6.42 Å². The van der Waals surface area contributed by atoms with Gasteiger partial charge in [-0.05, 0) is 40.2 Å². The molecular formula is C12H22N2O4. The first-order valence-corrected chi connectivity index (χ1v) is 6.12. The minimum atomic E-state index is -0.527. The summed E-state index contributed by atoms with van der Waals surface area (Å²) in [5.41, 5.74) is -0.527. The first kappa shape index (κ1) is 14.8. The van der Waals surface area contributed by atoms with Crippen LogP contribution in [0.25, 0.3) is 0 Å². The van der Waals surface area contributed by atoms with Gasteiger partial charge in [0.05, 0.1) is 19.2 Å². The average molecular weight is 258 g/mol. The third-order valence-corrected chi connectivity index (χ3v) is 2.63. The van der Waals surface area contributed by atoms with E-state index in [4.69, 9.17) is 9.47 Å². The van der Waals surface area contributed by atoms with Crippen molar-refractivity contribution in [3.63, 3.8) is 0 Å². The molecule has 104 valence electrons. The number of hydrogen-bond acceptors (Lipinski definition) is 5. The van der Waals surface area contributed by atoms with Crippen molar-refractivity contribution in [2.24, 2.45) is 5.92 Å². The SMILES string of the molecule is COC(=O)C1CCNC(NC(=O)OC(C)(C)C)C1. The van der Waals surface area contributed by atoms with Crippen molar-refractivity contribution in [3.8, 4) is 0 Å². The number of nitrogens with one attached hydrogen (secondary N) is 2. The highest BCUT2D eigenvalue weighted by atomic mass is 16.6. The number of hydrogen-bond donors (Lipinski definition) is 2. The highest BCUT2D eigenvalue weighted by molar-refractivity contribution is 5.73. The molecule has 2 N–H and O–H groups in total. The molecule has 1 aliphatic rings. The molecule has 6 nitrogen and oxygen atoms in total. The summed E-state index contributed by atoms with van der Waals surface area (Å²) in [5, 5.41) is 5.83. The molecule has 0 aromatic rings. The maximum absolute atomic E-state index is 11.6. The average Bonchev–Trinajstić information content (AvgIpc) is 2.25. The van der Waals surface area contributed by atoms with Crippen LogP contribution in [0.3, 0.4) is 0 Å². The smallest absolute Gasteiger partial charge is 0.408 e. The van der Waals surface area contributed by atoms with Gasteiger partial charge in [-0.25, -0.2) is 4.79 Å². The van der Waals surface area contributed by atoms with Gasteiger partial charge in [0.25, 0.3) is 0 Å². The summed E-state index contributed by atoms with van der Waals surface area (Å²) in [6.45, 7) is 6.08. The fourth-order valence-corrected chi connectivity index (χ4v) is 1.86. The zero-order valence-corrected chi connectivity index (χ0v) is 11.4. The Morgan fingerprint density at radius 2 is 2.00 bits per heavy atom. The van der Waals surface area contributed by atoms with Gasteiger partial charge < -0.3 is 14.8 Å². The molecule has 0 bridgehead atoms. The molecule has 1 amide bonds. The van der Waals surface area contributed by atoms with Gasteiger partial charge in [-0.1, -0.05) is 0 Å². The van der Waals surface area contributed by atoms with Crippen molar-refractivity contribution in [3.05, 3.63) is 0 Å². The molecule has 0 spiro atoms. The molecule has 6 heteroatoms. The number of alkyl carbamates (subject to hydrolysis) is 1. The molecule has 1 rings (SSSR count). The number of methoxy groups -OCH3 is 1. The van der Waals surface area contributed by atoms with Gasteiger partial charge in [0.2, 0.25) is 0 Å². The summed E-state index contributed by atoms with van der Waals surface area (Å²) in [6, 6.07) is 0. The van der Waals surface area contributed by atoms with Gasteiger partial charge in [0, 0.05) is 0 Å². The Hall–Kier alpha value is -1.30. The fourth-order valence-electron chi connectivity index (χ4n) is 1.86. The maximum atomic E-state index is 11.6. The number of rotatable bonds is 2. The lowest BCUT2D eigenvalue weighted by Crippen LogP contribution is -2.52. The van der Waals surface area contributed by atoms with E-state index < -0.39 is 11.7 Å². The first-order valence-electron chi connectivity index (χ1n) is 6.12. The molecule has 0 saturated carbocycles. The first-order chi connectivity index (χ1) is 8.31. The van der Waals surface area contributed by atoms with Crippen molar-refractivity contribution in [1.82, 2.24) is 10.6 Å². The molecule has 18 heavy (non-hydrogen) atoms. The lowest BCUT2D eigenvalue weighted by molar-refractivity contribution is -0.146. The van der Waals surface area contributed by atoms with Crippen molar-refractivity contribution in [2.45, 2.75) is 45.4 Å². The highest BCUT2D eigenvalue weighted by Gasteiger charge is 2.29. The number of carbonyl (C=O) groups excluding carboxylic acids is 2. The van der Waals surface area contributed by atoms with E-state index >= 15 is 0 Å². The van der Waals surface area contributed by atoms with Crippen LogP contribution in [0.1, 0.15) is 33.6 Å². The molecule has 0 aromatic heterocycles. The van der Waals surface area contributed by atoms with Gasteiger partial charge >= 0.3 is 12.1 Å². The van der Waals surface area contributed by atoms with Crippen LogP contribution in [-0.2, 0) is 14.3 Å². The highest BCUT2D eigenvalue weighted by Crippen LogP contribution is 2.17. The molecule has 1 saturated heterocycles.